The lowest BCUT2D eigenvalue weighted by Gasteiger charge is -2.08. The minimum Gasteiger partial charge on any atom is -0.497 e. The fourth-order valence-electron chi connectivity index (χ4n) is 1.79. The maximum Gasteiger partial charge on any atom is 0.255 e. The van der Waals surface area contributed by atoms with Gasteiger partial charge >= 0.3 is 0 Å². The number of methoxy groups -OCH3 is 1. The molecule has 2 rings (SSSR count). The number of hydrogen-bond donors (Lipinski definition) is 3. The number of carbonyl (C=O) groups excluding carboxylic acids is 2. The molecular formula is C15H15N3O3. The number of rotatable bonds is 4. The molecule has 2 aromatic rings. The van der Waals surface area contributed by atoms with E-state index < -0.39 is 5.91 Å². The first-order chi connectivity index (χ1) is 9.99. The van der Waals surface area contributed by atoms with Crippen LogP contribution >= 0.6 is 0 Å². The van der Waals surface area contributed by atoms with E-state index in [2.05, 4.69) is 5.32 Å². The van der Waals surface area contributed by atoms with Gasteiger partial charge in [0, 0.05) is 28.6 Å². The largest absolute Gasteiger partial charge is 0.497 e. The zero-order valence-corrected chi connectivity index (χ0v) is 11.4. The summed E-state index contributed by atoms with van der Waals surface area (Å²) in [6, 6.07) is 11.0. The highest BCUT2D eigenvalue weighted by Crippen LogP contribution is 2.19. The number of anilines is 2. The van der Waals surface area contributed by atoms with E-state index in [0.717, 1.165) is 0 Å². The molecular weight excluding hydrogens is 270 g/mol. The first kappa shape index (κ1) is 14.4. The minimum absolute atomic E-state index is 0.326. The van der Waals surface area contributed by atoms with E-state index >= 15 is 0 Å². The lowest BCUT2D eigenvalue weighted by atomic mass is 10.1. The van der Waals surface area contributed by atoms with Gasteiger partial charge in [0.15, 0.2) is 0 Å². The number of nitrogen functional groups attached to an aromatic ring is 1. The van der Waals surface area contributed by atoms with Crippen molar-refractivity contribution in [2.75, 3.05) is 18.2 Å². The summed E-state index contributed by atoms with van der Waals surface area (Å²) in [5.74, 6) is -0.343. The zero-order chi connectivity index (χ0) is 15.4. The smallest absolute Gasteiger partial charge is 0.255 e. The normalized spacial score (nSPS) is 9.95. The Hall–Kier alpha value is -3.02. The van der Waals surface area contributed by atoms with Crippen LogP contribution < -0.4 is 21.5 Å². The number of benzene rings is 2. The second-order valence-corrected chi connectivity index (χ2v) is 4.39. The summed E-state index contributed by atoms with van der Waals surface area (Å²) in [6.07, 6.45) is 0. The fourth-order valence-corrected chi connectivity index (χ4v) is 1.79. The lowest BCUT2D eigenvalue weighted by molar-refractivity contribution is 0.0998. The molecule has 6 nitrogen and oxygen atoms in total. The number of nitrogens with one attached hydrogen (secondary N) is 1. The van der Waals surface area contributed by atoms with Gasteiger partial charge in [-0.2, -0.15) is 0 Å². The highest BCUT2D eigenvalue weighted by atomic mass is 16.5. The minimum atomic E-state index is -0.520. The molecule has 0 aliphatic rings. The topological polar surface area (TPSA) is 107 Å². The molecule has 0 saturated heterocycles. The van der Waals surface area contributed by atoms with Crippen molar-refractivity contribution in [2.45, 2.75) is 0 Å². The van der Waals surface area contributed by atoms with E-state index in [9.17, 15) is 9.59 Å². The molecule has 0 radical (unpaired) electrons. The third-order valence-corrected chi connectivity index (χ3v) is 2.85. The summed E-state index contributed by atoms with van der Waals surface area (Å²) in [6.45, 7) is 0. The van der Waals surface area contributed by atoms with Gasteiger partial charge in [0.25, 0.3) is 5.91 Å². The van der Waals surface area contributed by atoms with Gasteiger partial charge in [-0.1, -0.05) is 0 Å². The predicted octanol–water partition coefficient (Wildman–Crippen LogP) is 1.63. The number of carbonyl (C=O) groups is 2. The van der Waals surface area contributed by atoms with Crippen molar-refractivity contribution in [3.63, 3.8) is 0 Å². The van der Waals surface area contributed by atoms with Crippen LogP contribution in [0.1, 0.15) is 20.7 Å². The molecule has 0 spiro atoms. The molecule has 108 valence electrons. The third-order valence-electron chi connectivity index (χ3n) is 2.85. The van der Waals surface area contributed by atoms with Crippen LogP contribution in [0.3, 0.4) is 0 Å². The van der Waals surface area contributed by atoms with Crippen molar-refractivity contribution in [1.29, 1.82) is 0 Å². The van der Waals surface area contributed by atoms with Gasteiger partial charge in [-0.3, -0.25) is 9.59 Å². The van der Waals surface area contributed by atoms with Crippen LogP contribution in [-0.4, -0.2) is 18.9 Å². The quantitative estimate of drug-likeness (QED) is 0.742. The molecule has 0 aromatic heterocycles. The van der Waals surface area contributed by atoms with Crippen molar-refractivity contribution in [3.8, 4) is 5.75 Å². The van der Waals surface area contributed by atoms with Gasteiger partial charge in [0.05, 0.1) is 7.11 Å². The van der Waals surface area contributed by atoms with Gasteiger partial charge in [-0.15, -0.1) is 0 Å². The van der Waals surface area contributed by atoms with E-state index in [4.69, 9.17) is 16.2 Å². The Bertz CT molecular complexity index is 681. The summed E-state index contributed by atoms with van der Waals surface area (Å²) in [5.41, 5.74) is 12.6. The second-order valence-electron chi connectivity index (χ2n) is 4.39. The summed E-state index contributed by atoms with van der Waals surface area (Å²) in [5, 5.41) is 2.70. The van der Waals surface area contributed by atoms with Crippen molar-refractivity contribution < 1.29 is 14.3 Å². The van der Waals surface area contributed by atoms with E-state index in [1.54, 1.807) is 30.3 Å². The van der Waals surface area contributed by atoms with Crippen LogP contribution in [0.15, 0.2) is 42.5 Å². The molecule has 6 heteroatoms. The molecule has 0 heterocycles. The van der Waals surface area contributed by atoms with Crippen LogP contribution in [0, 0.1) is 0 Å². The Balaban J connectivity index is 2.17. The molecule has 0 aliphatic heterocycles. The Morgan fingerprint density at radius 3 is 2.29 bits per heavy atom. The Labute approximate surface area is 121 Å². The van der Waals surface area contributed by atoms with Gasteiger partial charge in [-0.05, 0) is 36.4 Å². The molecule has 0 atom stereocenters. The SMILES string of the molecule is COc1cc(N)cc(C(=O)Nc2ccc(C(N)=O)cc2)c1. The first-order valence-electron chi connectivity index (χ1n) is 6.15. The molecule has 2 aromatic carbocycles. The Kier molecular flexibility index (Phi) is 4.08. The molecule has 21 heavy (non-hydrogen) atoms. The first-order valence-corrected chi connectivity index (χ1v) is 6.15. The van der Waals surface area contributed by atoms with Gasteiger partial charge in [0.1, 0.15) is 5.75 Å². The molecule has 2 amide bonds. The van der Waals surface area contributed by atoms with Crippen LogP contribution in [-0.2, 0) is 0 Å². The van der Waals surface area contributed by atoms with Crippen molar-refractivity contribution in [3.05, 3.63) is 53.6 Å². The lowest BCUT2D eigenvalue weighted by Crippen LogP contribution is -2.13. The van der Waals surface area contributed by atoms with Crippen LogP contribution in [0.2, 0.25) is 0 Å². The van der Waals surface area contributed by atoms with E-state index in [-0.39, 0.29) is 5.91 Å². The van der Waals surface area contributed by atoms with Crippen molar-refractivity contribution >= 4 is 23.2 Å². The molecule has 5 N–H and O–H groups in total. The summed E-state index contributed by atoms with van der Waals surface area (Å²) in [4.78, 5) is 23.1. The van der Waals surface area contributed by atoms with E-state index in [1.165, 1.54) is 19.2 Å². The van der Waals surface area contributed by atoms with E-state index in [0.29, 0.717) is 28.3 Å². The highest BCUT2D eigenvalue weighted by molar-refractivity contribution is 6.05. The average molecular weight is 285 g/mol. The molecule has 0 fully saturated rings. The van der Waals surface area contributed by atoms with Gasteiger partial charge in [-0.25, -0.2) is 0 Å². The van der Waals surface area contributed by atoms with Crippen LogP contribution in [0.5, 0.6) is 5.75 Å². The van der Waals surface area contributed by atoms with Gasteiger partial charge in [0.2, 0.25) is 5.91 Å². The van der Waals surface area contributed by atoms with Crippen LogP contribution in [0.4, 0.5) is 11.4 Å². The number of hydrogen-bond acceptors (Lipinski definition) is 4. The standard InChI is InChI=1S/C15H15N3O3/c1-21-13-7-10(6-11(16)8-13)15(20)18-12-4-2-9(3-5-12)14(17)19/h2-8H,16H2,1H3,(H2,17,19)(H,18,20). The molecule has 0 aliphatic carbocycles. The summed E-state index contributed by atoms with van der Waals surface area (Å²) in [7, 11) is 1.50. The van der Waals surface area contributed by atoms with Gasteiger partial charge < -0.3 is 21.5 Å². The van der Waals surface area contributed by atoms with E-state index in [1.807, 2.05) is 0 Å². The number of primary amides is 1. The predicted molar refractivity (Wildman–Crippen MR) is 80.3 cm³/mol. The Morgan fingerprint density at radius 1 is 1.05 bits per heavy atom. The molecule has 0 bridgehead atoms. The highest BCUT2D eigenvalue weighted by Gasteiger charge is 2.09. The Morgan fingerprint density at radius 2 is 1.71 bits per heavy atom. The average Bonchev–Trinajstić information content (AvgIpc) is 2.47. The van der Waals surface area contributed by atoms with Crippen LogP contribution in [0.25, 0.3) is 0 Å². The van der Waals surface area contributed by atoms with Crippen molar-refractivity contribution in [1.82, 2.24) is 0 Å². The number of amides is 2. The number of ether oxygens (including phenoxy) is 1. The molecule has 0 saturated carbocycles. The second kappa shape index (κ2) is 5.96. The monoisotopic (exact) mass is 285 g/mol. The number of nitrogens with two attached hydrogens (primary N) is 2. The molecule has 0 unspecified atom stereocenters. The maximum absolute atomic E-state index is 12.1. The third kappa shape index (κ3) is 3.50. The summed E-state index contributed by atoms with van der Waals surface area (Å²) < 4.78 is 5.07. The summed E-state index contributed by atoms with van der Waals surface area (Å²) >= 11 is 0. The maximum atomic E-state index is 12.1. The van der Waals surface area contributed by atoms with Crippen molar-refractivity contribution in [2.24, 2.45) is 5.73 Å². The fraction of sp³-hybridized carbons (Fsp3) is 0.0667. The zero-order valence-electron chi connectivity index (χ0n) is 11.4.